The lowest BCUT2D eigenvalue weighted by Crippen LogP contribution is -2.55. The molecule has 0 aliphatic heterocycles. The summed E-state index contributed by atoms with van der Waals surface area (Å²) in [5.41, 5.74) is 16.4. The summed E-state index contributed by atoms with van der Waals surface area (Å²) in [6.45, 7) is 0. The van der Waals surface area contributed by atoms with Gasteiger partial charge in [0, 0.05) is 39.2 Å². The van der Waals surface area contributed by atoms with E-state index in [2.05, 4.69) is 169 Å². The van der Waals surface area contributed by atoms with Gasteiger partial charge in [-0.3, -0.25) is 0 Å². The first-order valence-corrected chi connectivity index (χ1v) is 19.9. The summed E-state index contributed by atoms with van der Waals surface area (Å²) in [5, 5.41) is 2.31. The van der Waals surface area contributed by atoms with E-state index in [4.69, 9.17) is 4.42 Å². The van der Waals surface area contributed by atoms with Crippen LogP contribution in [0.4, 0.5) is 17.1 Å². The van der Waals surface area contributed by atoms with Crippen molar-refractivity contribution in [3.8, 4) is 33.4 Å². The molecule has 0 atom stereocenters. The molecule has 1 spiro atoms. The molecule has 4 saturated carbocycles. The molecule has 4 fully saturated rings. The third-order valence-electron chi connectivity index (χ3n) is 13.8. The SMILES string of the molecule is c1ccc(-c2ccc(N(c3ccc4c(c3)oc3ccccc34)c3cccc4c3-c3cc(-c5ccccc5)ccc3C43C4CC5CC(C4)CC3C5)cc2)cc1. The van der Waals surface area contributed by atoms with Crippen LogP contribution in [0, 0.1) is 23.7 Å². The molecule has 0 N–H and O–H groups in total. The Labute approximate surface area is 316 Å². The van der Waals surface area contributed by atoms with Gasteiger partial charge in [0.1, 0.15) is 11.2 Å². The monoisotopic (exact) mass is 695 g/mol. The van der Waals surface area contributed by atoms with Crippen LogP contribution >= 0.6 is 0 Å². The maximum Gasteiger partial charge on any atom is 0.137 e. The van der Waals surface area contributed by atoms with E-state index >= 15 is 0 Å². The van der Waals surface area contributed by atoms with Crippen LogP contribution in [0.25, 0.3) is 55.3 Å². The molecule has 0 saturated heterocycles. The van der Waals surface area contributed by atoms with Gasteiger partial charge in [-0.25, -0.2) is 0 Å². The van der Waals surface area contributed by atoms with E-state index in [0.717, 1.165) is 45.1 Å². The Hall–Kier alpha value is -5.86. The van der Waals surface area contributed by atoms with Crippen molar-refractivity contribution >= 4 is 39.0 Å². The molecule has 4 bridgehead atoms. The van der Waals surface area contributed by atoms with E-state index in [1.54, 1.807) is 11.1 Å². The van der Waals surface area contributed by atoms with E-state index < -0.39 is 0 Å². The average molecular weight is 696 g/mol. The number of fused-ring (bicyclic) bond motifs is 6. The lowest BCUT2D eigenvalue weighted by atomic mass is 9.43. The fourth-order valence-electron chi connectivity index (χ4n) is 11.9. The van der Waals surface area contributed by atoms with Crippen molar-refractivity contribution in [2.24, 2.45) is 23.7 Å². The summed E-state index contributed by atoms with van der Waals surface area (Å²) >= 11 is 0. The van der Waals surface area contributed by atoms with Crippen molar-refractivity contribution in [3.63, 3.8) is 0 Å². The highest BCUT2D eigenvalue weighted by Gasteiger charge is 2.62. The predicted molar refractivity (Wildman–Crippen MR) is 223 cm³/mol. The second kappa shape index (κ2) is 11.6. The van der Waals surface area contributed by atoms with Crippen LogP contribution in [0.3, 0.4) is 0 Å². The third kappa shape index (κ3) is 4.34. The van der Waals surface area contributed by atoms with E-state index in [9.17, 15) is 0 Å². The number of benzene rings is 7. The molecule has 260 valence electrons. The van der Waals surface area contributed by atoms with Gasteiger partial charge in [-0.15, -0.1) is 0 Å². The number of anilines is 3. The first-order chi connectivity index (χ1) is 26.7. The Morgan fingerprint density at radius 3 is 1.80 bits per heavy atom. The standard InChI is InChI=1S/C52H41NO/c1-3-10-35(11-4-1)37-18-21-41(22-19-37)53(42-23-24-44-43-14-7-8-17-49(43)54-50(44)32-42)48-16-9-15-47-51(48)45-31-38(36-12-5-2-6-13-36)20-25-46(45)52(47)39-27-33-26-34(29-39)30-40(52)28-33/h1-25,31-34,39-40H,26-30H2. The van der Waals surface area contributed by atoms with Crippen LogP contribution in [0.2, 0.25) is 0 Å². The van der Waals surface area contributed by atoms with Gasteiger partial charge < -0.3 is 9.32 Å². The van der Waals surface area contributed by atoms with Gasteiger partial charge in [-0.05, 0) is 137 Å². The van der Waals surface area contributed by atoms with Crippen molar-refractivity contribution < 1.29 is 4.42 Å². The zero-order chi connectivity index (χ0) is 35.4. The number of hydrogen-bond acceptors (Lipinski definition) is 2. The zero-order valence-electron chi connectivity index (χ0n) is 30.3. The Morgan fingerprint density at radius 2 is 1.06 bits per heavy atom. The van der Waals surface area contributed by atoms with Crippen LogP contribution in [-0.2, 0) is 5.41 Å². The topological polar surface area (TPSA) is 16.4 Å². The van der Waals surface area contributed by atoms with Gasteiger partial charge in [0.15, 0.2) is 0 Å². The first-order valence-electron chi connectivity index (χ1n) is 19.9. The van der Waals surface area contributed by atoms with E-state index in [0.29, 0.717) is 11.8 Å². The van der Waals surface area contributed by atoms with Crippen molar-refractivity contribution in [2.45, 2.75) is 37.5 Å². The Morgan fingerprint density at radius 1 is 0.444 bits per heavy atom. The largest absolute Gasteiger partial charge is 0.456 e. The van der Waals surface area contributed by atoms with Crippen molar-refractivity contribution in [3.05, 3.63) is 175 Å². The van der Waals surface area contributed by atoms with E-state index in [1.807, 2.05) is 0 Å². The smallest absolute Gasteiger partial charge is 0.137 e. The van der Waals surface area contributed by atoms with Gasteiger partial charge in [-0.1, -0.05) is 115 Å². The highest BCUT2D eigenvalue weighted by atomic mass is 16.3. The molecule has 2 heteroatoms. The summed E-state index contributed by atoms with van der Waals surface area (Å²) < 4.78 is 6.53. The Balaban J connectivity index is 1.11. The zero-order valence-corrected chi connectivity index (χ0v) is 30.3. The summed E-state index contributed by atoms with van der Waals surface area (Å²) in [6.07, 6.45) is 6.91. The highest BCUT2D eigenvalue weighted by molar-refractivity contribution is 6.06. The molecule has 5 aliphatic rings. The number of furan rings is 1. The quantitative estimate of drug-likeness (QED) is 0.178. The predicted octanol–water partition coefficient (Wildman–Crippen LogP) is 14.1. The molecule has 8 aromatic rings. The van der Waals surface area contributed by atoms with Crippen molar-refractivity contribution in [2.75, 3.05) is 4.90 Å². The maximum absolute atomic E-state index is 6.53. The molecular weight excluding hydrogens is 655 g/mol. The Kier molecular flexibility index (Phi) is 6.55. The number of rotatable bonds is 5. The highest BCUT2D eigenvalue weighted by Crippen LogP contribution is 2.70. The minimum atomic E-state index is 0.0643. The second-order valence-electron chi connectivity index (χ2n) is 16.5. The molecule has 54 heavy (non-hydrogen) atoms. The van der Waals surface area contributed by atoms with Gasteiger partial charge in [-0.2, -0.15) is 0 Å². The molecular formula is C52H41NO. The molecule has 2 nitrogen and oxygen atoms in total. The van der Waals surface area contributed by atoms with E-state index in [1.165, 1.54) is 71.2 Å². The van der Waals surface area contributed by atoms with Gasteiger partial charge >= 0.3 is 0 Å². The minimum absolute atomic E-state index is 0.0643. The van der Waals surface area contributed by atoms with Crippen LogP contribution in [0.15, 0.2) is 168 Å². The van der Waals surface area contributed by atoms with Crippen LogP contribution in [-0.4, -0.2) is 0 Å². The lowest BCUT2D eigenvalue weighted by molar-refractivity contribution is -0.0399. The minimum Gasteiger partial charge on any atom is -0.456 e. The summed E-state index contributed by atoms with van der Waals surface area (Å²) in [6, 6.07) is 60.8. The normalized spacial score (nSPS) is 23.3. The fraction of sp³-hybridized carbons (Fsp3) is 0.192. The fourth-order valence-corrected chi connectivity index (χ4v) is 11.9. The lowest BCUT2D eigenvalue weighted by Gasteiger charge is -2.61. The number of hydrogen-bond donors (Lipinski definition) is 0. The van der Waals surface area contributed by atoms with Gasteiger partial charge in [0.2, 0.25) is 0 Å². The average Bonchev–Trinajstić information content (AvgIpc) is 3.74. The summed E-state index contributed by atoms with van der Waals surface area (Å²) in [5.74, 6) is 3.18. The van der Waals surface area contributed by atoms with Crippen molar-refractivity contribution in [1.82, 2.24) is 0 Å². The van der Waals surface area contributed by atoms with Crippen LogP contribution in [0.1, 0.15) is 43.2 Å². The molecule has 13 rings (SSSR count). The molecule has 5 aliphatic carbocycles. The third-order valence-corrected chi connectivity index (χ3v) is 13.8. The van der Waals surface area contributed by atoms with E-state index in [-0.39, 0.29) is 5.41 Å². The summed E-state index contributed by atoms with van der Waals surface area (Å²) in [7, 11) is 0. The van der Waals surface area contributed by atoms with Crippen LogP contribution in [0.5, 0.6) is 0 Å². The molecule has 0 unspecified atom stereocenters. The molecule has 1 heterocycles. The van der Waals surface area contributed by atoms with Crippen molar-refractivity contribution in [1.29, 1.82) is 0 Å². The maximum atomic E-state index is 6.53. The molecule has 0 radical (unpaired) electrons. The van der Waals surface area contributed by atoms with Gasteiger partial charge in [0.25, 0.3) is 0 Å². The molecule has 7 aromatic carbocycles. The molecule has 0 amide bonds. The number of para-hydroxylation sites is 1. The number of nitrogens with zero attached hydrogens (tertiary/aromatic N) is 1. The Bertz CT molecular complexity index is 2690. The second-order valence-corrected chi connectivity index (χ2v) is 16.5. The van der Waals surface area contributed by atoms with Gasteiger partial charge in [0.05, 0.1) is 5.69 Å². The molecule has 1 aromatic heterocycles. The summed E-state index contributed by atoms with van der Waals surface area (Å²) in [4.78, 5) is 2.51. The van der Waals surface area contributed by atoms with Crippen LogP contribution < -0.4 is 4.90 Å². The first kappa shape index (κ1) is 30.6.